The fourth-order valence-corrected chi connectivity index (χ4v) is 13.9. The summed E-state index contributed by atoms with van der Waals surface area (Å²) in [6, 6.07) is -0.940. The monoisotopic (exact) mass is 1410 g/mol. The molecule has 1 amide bonds. The molecule has 2 aliphatic heterocycles. The molecule has 2 rings (SSSR count). The lowest BCUT2D eigenvalue weighted by atomic mass is 9.97. The van der Waals surface area contributed by atoms with Gasteiger partial charge in [0.15, 0.2) is 12.6 Å². The van der Waals surface area contributed by atoms with Gasteiger partial charge >= 0.3 is 0 Å². The van der Waals surface area contributed by atoms with Gasteiger partial charge in [0.2, 0.25) is 5.91 Å². The summed E-state index contributed by atoms with van der Waals surface area (Å²) >= 11 is 0. The smallest absolute Gasteiger partial charge is 0.220 e. The highest BCUT2D eigenvalue weighted by Crippen LogP contribution is 2.30. The van der Waals surface area contributed by atoms with Crippen molar-refractivity contribution in [1.29, 1.82) is 0 Å². The third kappa shape index (κ3) is 51.8. The predicted molar refractivity (Wildman–Crippen MR) is 415 cm³/mol. The van der Waals surface area contributed by atoms with Gasteiger partial charge in [0, 0.05) is 6.42 Å². The molecule has 0 spiro atoms. The molecule has 0 aliphatic carbocycles. The minimum absolute atomic E-state index is 0.246. The number of rotatable bonds is 72. The number of aliphatic hydroxyl groups excluding tert-OH is 8. The number of aliphatic hydroxyl groups is 8. The summed E-state index contributed by atoms with van der Waals surface area (Å²) in [6.45, 7) is 2.82. The summed E-state index contributed by atoms with van der Waals surface area (Å²) in [5, 5.41) is 87.7. The molecular weight excluding hydrogens is 1250 g/mol. The van der Waals surface area contributed by atoms with E-state index < -0.39 is 86.8 Å². The topological polar surface area (TPSA) is 228 Å². The third-order valence-corrected chi connectivity index (χ3v) is 20.7. The number of hydrogen-bond donors (Lipinski definition) is 9. The number of ether oxygens (including phenoxy) is 4. The van der Waals surface area contributed by atoms with E-state index >= 15 is 0 Å². The number of allylic oxidation sites excluding steroid dienone is 9. The summed E-state index contributed by atoms with van der Waals surface area (Å²) in [6.07, 6.45) is 79.0. The maximum absolute atomic E-state index is 13.4. The van der Waals surface area contributed by atoms with E-state index in [1.165, 1.54) is 302 Å². The Labute approximate surface area is 613 Å². The Kier molecular flexibility index (Phi) is 65.4. The molecule has 9 N–H and O–H groups in total. The molecule has 0 saturated carbocycles. The van der Waals surface area contributed by atoms with Crippen LogP contribution in [0.2, 0.25) is 0 Å². The first kappa shape index (κ1) is 93.8. The van der Waals surface area contributed by atoms with Crippen LogP contribution in [0.15, 0.2) is 60.8 Å². The maximum atomic E-state index is 13.4. The van der Waals surface area contributed by atoms with Crippen molar-refractivity contribution in [2.24, 2.45) is 0 Å². The summed E-state index contributed by atoms with van der Waals surface area (Å²) in [5.74, 6) is -0.246. The molecule has 14 nitrogen and oxygen atoms in total. The van der Waals surface area contributed by atoms with Gasteiger partial charge in [0.25, 0.3) is 0 Å². The average molecular weight is 1420 g/mol. The van der Waals surface area contributed by atoms with Crippen LogP contribution in [0.3, 0.4) is 0 Å². The molecule has 12 unspecified atom stereocenters. The minimum Gasteiger partial charge on any atom is -0.394 e. The van der Waals surface area contributed by atoms with Gasteiger partial charge in [-0.25, -0.2) is 0 Å². The second kappa shape index (κ2) is 69.7. The lowest BCUT2D eigenvalue weighted by Crippen LogP contribution is -2.65. The van der Waals surface area contributed by atoms with Crippen LogP contribution in [0.4, 0.5) is 0 Å². The number of nitrogens with one attached hydrogen (secondary N) is 1. The Morgan fingerprint density at radius 3 is 1.04 bits per heavy atom. The van der Waals surface area contributed by atoms with E-state index in [9.17, 15) is 45.6 Å². The minimum atomic E-state index is -1.79. The molecular formula is C86H159NO13. The quantitative estimate of drug-likeness (QED) is 0.0204. The molecule has 586 valence electrons. The van der Waals surface area contributed by atoms with Crippen LogP contribution < -0.4 is 5.32 Å². The van der Waals surface area contributed by atoms with Crippen LogP contribution in [-0.2, 0) is 23.7 Å². The standard InChI is InChI=1S/C86H159NO13/c1-3-5-7-9-11-13-15-17-19-21-23-25-27-29-31-32-33-34-35-36-37-38-39-40-41-42-44-46-48-50-52-54-56-58-60-62-64-66-68-70-78(91)87-74(73-97-85-83(96)81(94)84(77(72-89)99-85)100-86-82(95)80(93)79(92)76(71-88)98-86)75(90)69-67-65-63-61-59-57-55-53-51-49-47-45-43-30-28-26-24-22-20-18-16-14-12-10-8-6-4-2/h15,17,21,23,51,53,59,61,67,69,74-77,79-86,88-90,92-96H,3-14,16,18-20,22,24-50,52,54-58,60,62-66,68,70-73H2,1-2H3,(H,87,91)/b17-15-,23-21-,53-51+,61-59+,69-67+. The van der Waals surface area contributed by atoms with Crippen LogP contribution in [0.5, 0.6) is 0 Å². The van der Waals surface area contributed by atoms with Crippen molar-refractivity contribution in [3.05, 3.63) is 60.8 Å². The Hall–Kier alpha value is -2.31. The van der Waals surface area contributed by atoms with E-state index in [0.29, 0.717) is 12.8 Å². The maximum Gasteiger partial charge on any atom is 0.220 e. The Balaban J connectivity index is 1.59. The van der Waals surface area contributed by atoms with Crippen molar-refractivity contribution in [3.8, 4) is 0 Å². The van der Waals surface area contributed by atoms with Gasteiger partial charge in [-0.15, -0.1) is 0 Å². The van der Waals surface area contributed by atoms with E-state index in [0.717, 1.165) is 51.4 Å². The van der Waals surface area contributed by atoms with Gasteiger partial charge in [-0.05, 0) is 77.0 Å². The Morgan fingerprint density at radius 2 is 0.670 bits per heavy atom. The summed E-state index contributed by atoms with van der Waals surface area (Å²) < 4.78 is 22.9. The molecule has 2 fully saturated rings. The van der Waals surface area contributed by atoms with E-state index in [1.54, 1.807) is 6.08 Å². The molecule has 100 heavy (non-hydrogen) atoms. The van der Waals surface area contributed by atoms with Gasteiger partial charge in [-0.3, -0.25) is 4.79 Å². The third-order valence-electron chi connectivity index (χ3n) is 20.7. The van der Waals surface area contributed by atoms with Gasteiger partial charge < -0.3 is 65.1 Å². The van der Waals surface area contributed by atoms with Gasteiger partial charge in [0.05, 0.1) is 32.0 Å². The van der Waals surface area contributed by atoms with E-state index in [-0.39, 0.29) is 18.9 Å². The van der Waals surface area contributed by atoms with Crippen molar-refractivity contribution < 1.29 is 64.6 Å². The SMILES string of the molecule is CCCCCCC/C=C\C/C=C\CCCCCCCCCCCCCCCCCCCCCCCCCCCCCC(=O)NC(COC1OC(CO)C(OC2OC(CO)C(O)C(O)C2O)C(O)C1O)C(O)/C=C/CC/C=C/CC/C=C/CCCCCCCCCCCCCCCCCCC. The fraction of sp³-hybridized carbons (Fsp3) is 0.872. The Bertz CT molecular complexity index is 1910. The Morgan fingerprint density at radius 1 is 0.360 bits per heavy atom. The van der Waals surface area contributed by atoms with E-state index in [2.05, 4.69) is 67.8 Å². The number of hydrogen-bond acceptors (Lipinski definition) is 13. The van der Waals surface area contributed by atoms with Gasteiger partial charge in [-0.1, -0.05) is 364 Å². The van der Waals surface area contributed by atoms with Crippen molar-refractivity contribution in [1.82, 2.24) is 5.32 Å². The molecule has 0 aromatic carbocycles. The molecule has 2 aliphatic rings. The fourth-order valence-electron chi connectivity index (χ4n) is 13.9. The highest BCUT2D eigenvalue weighted by Gasteiger charge is 2.51. The number of carbonyl (C=O) groups is 1. The summed E-state index contributed by atoms with van der Waals surface area (Å²) in [7, 11) is 0. The average Bonchev–Trinajstić information content (AvgIpc) is 0.796. The van der Waals surface area contributed by atoms with Crippen LogP contribution in [0.25, 0.3) is 0 Å². The largest absolute Gasteiger partial charge is 0.394 e. The summed E-state index contributed by atoms with van der Waals surface area (Å²) in [4.78, 5) is 13.4. The first-order valence-electron chi connectivity index (χ1n) is 42.5. The lowest BCUT2D eigenvalue weighted by Gasteiger charge is -2.46. The molecule has 12 atom stereocenters. The summed E-state index contributed by atoms with van der Waals surface area (Å²) in [5.41, 5.74) is 0. The van der Waals surface area contributed by atoms with Gasteiger partial charge in [0.1, 0.15) is 48.8 Å². The highest BCUT2D eigenvalue weighted by atomic mass is 16.7. The molecule has 0 aromatic heterocycles. The van der Waals surface area contributed by atoms with Gasteiger partial charge in [-0.2, -0.15) is 0 Å². The first-order valence-corrected chi connectivity index (χ1v) is 42.5. The van der Waals surface area contributed by atoms with Crippen LogP contribution in [-0.4, -0.2) is 140 Å². The van der Waals surface area contributed by atoms with E-state index in [1.807, 2.05) is 6.08 Å². The van der Waals surface area contributed by atoms with Crippen LogP contribution in [0.1, 0.15) is 386 Å². The molecule has 2 heterocycles. The zero-order chi connectivity index (χ0) is 72.2. The lowest BCUT2D eigenvalue weighted by molar-refractivity contribution is -0.359. The number of amides is 1. The zero-order valence-electron chi connectivity index (χ0n) is 64.5. The van der Waals surface area contributed by atoms with E-state index in [4.69, 9.17) is 18.9 Å². The molecule has 0 aromatic rings. The second-order valence-corrected chi connectivity index (χ2v) is 29.9. The van der Waals surface area contributed by atoms with Crippen LogP contribution >= 0.6 is 0 Å². The van der Waals surface area contributed by atoms with Crippen LogP contribution in [0, 0.1) is 0 Å². The number of unbranched alkanes of at least 4 members (excludes halogenated alkanes) is 51. The normalized spacial score (nSPS) is 22.1. The van der Waals surface area contributed by atoms with Crippen molar-refractivity contribution in [2.75, 3.05) is 19.8 Å². The molecule has 0 bridgehead atoms. The van der Waals surface area contributed by atoms with Crippen molar-refractivity contribution >= 4 is 5.91 Å². The van der Waals surface area contributed by atoms with Crippen molar-refractivity contribution in [3.63, 3.8) is 0 Å². The first-order chi connectivity index (χ1) is 49.1. The molecule has 14 heteroatoms. The number of carbonyl (C=O) groups excluding carboxylic acids is 1. The molecule has 0 radical (unpaired) electrons. The van der Waals surface area contributed by atoms with Crippen molar-refractivity contribution in [2.45, 2.75) is 460 Å². The second-order valence-electron chi connectivity index (χ2n) is 29.9. The zero-order valence-corrected chi connectivity index (χ0v) is 64.5. The molecule has 2 saturated heterocycles. The predicted octanol–water partition coefficient (Wildman–Crippen LogP) is 19.9. The highest BCUT2D eigenvalue weighted by molar-refractivity contribution is 5.76.